The van der Waals surface area contributed by atoms with Crippen LogP contribution in [0, 0.1) is 0 Å². The van der Waals surface area contributed by atoms with Gasteiger partial charge in [-0.05, 0) is 50.2 Å². The highest BCUT2D eigenvalue weighted by Crippen LogP contribution is 2.37. The molecule has 1 heterocycles. The van der Waals surface area contributed by atoms with Gasteiger partial charge in [0.25, 0.3) is 11.1 Å². The third-order valence-corrected chi connectivity index (χ3v) is 4.61. The summed E-state index contributed by atoms with van der Waals surface area (Å²) in [5.74, 6) is -0.365. The van der Waals surface area contributed by atoms with Crippen molar-refractivity contribution in [2.75, 3.05) is 20.8 Å². The molecule has 27 heavy (non-hydrogen) atoms. The van der Waals surface area contributed by atoms with E-state index in [1.807, 2.05) is 0 Å². The van der Waals surface area contributed by atoms with Gasteiger partial charge in [0.05, 0.1) is 24.1 Å². The Hall–Kier alpha value is -2.19. The van der Waals surface area contributed by atoms with Crippen LogP contribution < -0.4 is 9.47 Å². The molecule has 0 atom stereocenters. The molecule has 0 aromatic heterocycles. The zero-order chi connectivity index (χ0) is 20.4. The van der Waals surface area contributed by atoms with Crippen molar-refractivity contribution in [2.24, 2.45) is 0 Å². The van der Waals surface area contributed by atoms with Crippen molar-refractivity contribution in [2.45, 2.75) is 26.4 Å². The van der Waals surface area contributed by atoms with Gasteiger partial charge in [0.15, 0.2) is 11.5 Å². The molecule has 0 bridgehead atoms. The number of hydrogen-bond donors (Lipinski definition) is 0. The maximum atomic E-state index is 12.5. The average Bonchev–Trinajstić information content (AvgIpc) is 2.82. The Morgan fingerprint density at radius 3 is 2.33 bits per heavy atom. The fraction of sp³-hybridized carbons (Fsp3) is 0.389. The van der Waals surface area contributed by atoms with Gasteiger partial charge in [0.2, 0.25) is 0 Å². The smallest absolute Gasteiger partial charge is 0.326 e. The van der Waals surface area contributed by atoms with Gasteiger partial charge in [-0.25, -0.2) is 0 Å². The number of methoxy groups -OCH3 is 2. The van der Waals surface area contributed by atoms with Crippen molar-refractivity contribution in [1.82, 2.24) is 4.90 Å². The van der Waals surface area contributed by atoms with E-state index in [1.165, 1.54) is 20.3 Å². The number of esters is 1. The fourth-order valence-electron chi connectivity index (χ4n) is 2.26. The van der Waals surface area contributed by atoms with Crippen molar-refractivity contribution >= 4 is 46.6 Å². The van der Waals surface area contributed by atoms with Crippen molar-refractivity contribution in [3.63, 3.8) is 0 Å². The minimum atomic E-state index is -0.706. The zero-order valence-electron chi connectivity index (χ0n) is 15.6. The van der Waals surface area contributed by atoms with E-state index < -0.39 is 29.3 Å². The van der Waals surface area contributed by atoms with Gasteiger partial charge >= 0.3 is 5.97 Å². The van der Waals surface area contributed by atoms with Gasteiger partial charge in [-0.15, -0.1) is 0 Å². The highest BCUT2D eigenvalue weighted by molar-refractivity contribution is 8.18. The molecule has 1 aliphatic rings. The summed E-state index contributed by atoms with van der Waals surface area (Å²) in [4.78, 5) is 37.6. The maximum absolute atomic E-state index is 12.5. The van der Waals surface area contributed by atoms with Crippen molar-refractivity contribution in [3.05, 3.63) is 27.6 Å². The first-order valence-corrected chi connectivity index (χ1v) is 9.14. The number of benzene rings is 1. The zero-order valence-corrected chi connectivity index (χ0v) is 17.2. The van der Waals surface area contributed by atoms with Gasteiger partial charge in [-0.2, -0.15) is 0 Å². The number of ether oxygens (including phenoxy) is 3. The lowest BCUT2D eigenvalue weighted by molar-refractivity contribution is -0.156. The molecule has 0 radical (unpaired) electrons. The predicted molar refractivity (Wildman–Crippen MR) is 103 cm³/mol. The van der Waals surface area contributed by atoms with Gasteiger partial charge in [-0.3, -0.25) is 19.3 Å². The number of hydrogen-bond acceptors (Lipinski definition) is 7. The Labute approximate surface area is 166 Å². The van der Waals surface area contributed by atoms with E-state index in [9.17, 15) is 14.4 Å². The highest BCUT2D eigenvalue weighted by atomic mass is 35.5. The number of carbonyl (C=O) groups excluding carboxylic acids is 3. The number of imide groups is 1. The quantitative estimate of drug-likeness (QED) is 0.537. The van der Waals surface area contributed by atoms with Crippen molar-refractivity contribution in [3.8, 4) is 11.5 Å². The third kappa shape index (κ3) is 5.17. The van der Waals surface area contributed by atoms with Gasteiger partial charge < -0.3 is 14.2 Å². The molecule has 1 saturated heterocycles. The molecule has 0 aliphatic carbocycles. The lowest BCUT2D eigenvalue weighted by Crippen LogP contribution is -2.37. The van der Waals surface area contributed by atoms with Crippen LogP contribution in [0.3, 0.4) is 0 Å². The van der Waals surface area contributed by atoms with Crippen LogP contribution >= 0.6 is 23.4 Å². The molecule has 2 amide bonds. The van der Waals surface area contributed by atoms with Crippen LogP contribution in [-0.2, 0) is 14.3 Å². The highest BCUT2D eigenvalue weighted by Gasteiger charge is 2.37. The van der Waals surface area contributed by atoms with Gasteiger partial charge in [0, 0.05) is 6.07 Å². The molecule has 1 aromatic rings. The molecule has 0 spiro atoms. The Balaban J connectivity index is 2.25. The van der Waals surface area contributed by atoms with Crippen LogP contribution in [0.2, 0.25) is 5.02 Å². The maximum Gasteiger partial charge on any atom is 0.326 e. The van der Waals surface area contributed by atoms with E-state index >= 15 is 0 Å². The summed E-state index contributed by atoms with van der Waals surface area (Å²) in [7, 11) is 2.96. The number of nitrogens with zero attached hydrogens (tertiary/aromatic N) is 1. The second-order valence-corrected chi connectivity index (χ2v) is 7.98. The molecule has 1 aromatic carbocycles. The first-order chi connectivity index (χ1) is 12.6. The van der Waals surface area contributed by atoms with E-state index in [1.54, 1.807) is 32.9 Å². The summed E-state index contributed by atoms with van der Waals surface area (Å²) < 4.78 is 15.5. The summed E-state index contributed by atoms with van der Waals surface area (Å²) in [5.41, 5.74) is -0.223. The largest absolute Gasteiger partial charge is 0.493 e. The van der Waals surface area contributed by atoms with Crippen LogP contribution in [0.25, 0.3) is 6.08 Å². The summed E-state index contributed by atoms with van der Waals surface area (Å²) in [5, 5.41) is -0.222. The minimum absolute atomic E-state index is 0.151. The second kappa shape index (κ2) is 8.22. The summed E-state index contributed by atoms with van der Waals surface area (Å²) >= 11 is 6.95. The third-order valence-electron chi connectivity index (χ3n) is 3.37. The summed E-state index contributed by atoms with van der Waals surface area (Å²) in [6.07, 6.45) is 1.48. The Morgan fingerprint density at radius 2 is 1.78 bits per heavy atom. The number of halogens is 1. The monoisotopic (exact) mass is 413 g/mol. The Bertz CT molecular complexity index is 815. The average molecular weight is 414 g/mol. The summed E-state index contributed by atoms with van der Waals surface area (Å²) in [6.45, 7) is 4.67. The molecule has 1 aliphatic heterocycles. The number of carbonyl (C=O) groups is 3. The molecular formula is C18H20ClNO6S. The fourth-order valence-corrected chi connectivity index (χ4v) is 3.30. The molecule has 146 valence electrons. The van der Waals surface area contributed by atoms with Crippen LogP contribution in [0.5, 0.6) is 11.5 Å². The van der Waals surface area contributed by atoms with Gasteiger partial charge in [0.1, 0.15) is 12.1 Å². The molecular weight excluding hydrogens is 394 g/mol. The van der Waals surface area contributed by atoms with Crippen LogP contribution in [0.4, 0.5) is 4.79 Å². The SMILES string of the molecule is COc1cc(Cl)c(C=C2SC(=O)N(CC(=O)OC(C)(C)C)C2=O)cc1OC. The number of amides is 2. The lowest BCUT2D eigenvalue weighted by Gasteiger charge is -2.21. The lowest BCUT2D eigenvalue weighted by atomic mass is 10.1. The van der Waals surface area contributed by atoms with Crippen LogP contribution in [0.1, 0.15) is 26.3 Å². The normalized spacial score (nSPS) is 16.1. The topological polar surface area (TPSA) is 82.1 Å². The van der Waals surface area contributed by atoms with E-state index in [0.717, 1.165) is 16.7 Å². The molecule has 7 nitrogen and oxygen atoms in total. The minimum Gasteiger partial charge on any atom is -0.493 e. The predicted octanol–water partition coefficient (Wildman–Crippen LogP) is 3.74. The molecule has 2 rings (SSSR count). The molecule has 0 N–H and O–H groups in total. The van der Waals surface area contributed by atoms with Gasteiger partial charge in [-0.1, -0.05) is 11.6 Å². The Morgan fingerprint density at radius 1 is 1.19 bits per heavy atom. The molecule has 0 unspecified atom stereocenters. The number of rotatable bonds is 5. The van der Waals surface area contributed by atoms with E-state index in [4.69, 9.17) is 25.8 Å². The van der Waals surface area contributed by atoms with E-state index in [0.29, 0.717) is 22.1 Å². The van der Waals surface area contributed by atoms with Crippen molar-refractivity contribution < 1.29 is 28.6 Å². The summed E-state index contributed by atoms with van der Waals surface area (Å²) in [6, 6.07) is 3.15. The second-order valence-electron chi connectivity index (χ2n) is 6.58. The Kier molecular flexibility index (Phi) is 6.43. The number of thioether (sulfide) groups is 1. The molecule has 9 heteroatoms. The molecule has 0 saturated carbocycles. The van der Waals surface area contributed by atoms with E-state index in [-0.39, 0.29) is 4.91 Å². The molecule has 1 fully saturated rings. The van der Waals surface area contributed by atoms with Crippen molar-refractivity contribution in [1.29, 1.82) is 0 Å². The first-order valence-electron chi connectivity index (χ1n) is 7.94. The standard InChI is InChI=1S/C18H20ClNO6S/c1-18(2,3)26-15(21)9-20-16(22)14(27-17(20)23)7-10-6-12(24-4)13(25-5)8-11(10)19/h6-8H,9H2,1-5H3. The van der Waals surface area contributed by atoms with E-state index in [2.05, 4.69) is 0 Å². The first kappa shape index (κ1) is 21.1. The van der Waals surface area contributed by atoms with Crippen LogP contribution in [-0.4, -0.2) is 48.4 Å². The van der Waals surface area contributed by atoms with Crippen LogP contribution in [0.15, 0.2) is 17.0 Å².